The first kappa shape index (κ1) is 21.4. The number of rotatable bonds is 13. The average Bonchev–Trinajstić information content (AvgIpc) is 2.50. The molecule has 0 aromatic rings. The zero-order valence-electron chi connectivity index (χ0n) is 14.8. The van der Waals surface area contributed by atoms with Gasteiger partial charge in [-0.1, -0.05) is 56.2 Å². The number of ether oxygens (including phenoxy) is 1. The molecule has 0 aromatic carbocycles. The number of carbonyl (C=O) groups is 2. The van der Waals surface area contributed by atoms with Crippen LogP contribution in [0.2, 0.25) is 0 Å². The van der Waals surface area contributed by atoms with Crippen molar-refractivity contribution in [1.29, 1.82) is 0 Å². The monoisotopic (exact) mass is 320 g/mol. The molecule has 0 saturated carbocycles. The molecule has 0 aliphatic rings. The van der Waals surface area contributed by atoms with E-state index in [2.05, 4.69) is 48.1 Å². The van der Waals surface area contributed by atoms with Crippen LogP contribution in [0.1, 0.15) is 78.1 Å². The molecule has 23 heavy (non-hydrogen) atoms. The largest absolute Gasteiger partial charge is 0.393 e. The van der Waals surface area contributed by atoms with Gasteiger partial charge in [0.15, 0.2) is 0 Å². The van der Waals surface area contributed by atoms with E-state index in [4.69, 9.17) is 0 Å². The minimum absolute atomic E-state index is 0.317. The summed E-state index contributed by atoms with van der Waals surface area (Å²) in [5.41, 5.74) is 0. The molecule has 3 heteroatoms. The number of esters is 2. The van der Waals surface area contributed by atoms with E-state index in [-0.39, 0.29) is 0 Å². The van der Waals surface area contributed by atoms with Gasteiger partial charge in [0.2, 0.25) is 0 Å². The fourth-order valence-electron chi connectivity index (χ4n) is 2.03. The first-order valence-electron chi connectivity index (χ1n) is 8.83. The normalized spacial score (nSPS) is 11.7. The van der Waals surface area contributed by atoms with Crippen LogP contribution in [-0.4, -0.2) is 11.9 Å². The molecule has 0 bridgehead atoms. The molecule has 0 heterocycles. The summed E-state index contributed by atoms with van der Waals surface area (Å²) in [7, 11) is 0. The van der Waals surface area contributed by atoms with Crippen molar-refractivity contribution in [3.8, 4) is 0 Å². The fourth-order valence-corrected chi connectivity index (χ4v) is 2.03. The lowest BCUT2D eigenvalue weighted by atomic mass is 10.1. The third-order valence-corrected chi connectivity index (χ3v) is 3.28. The molecule has 0 fully saturated rings. The Morgan fingerprint density at radius 2 is 1.30 bits per heavy atom. The van der Waals surface area contributed by atoms with Crippen molar-refractivity contribution in [2.45, 2.75) is 78.1 Å². The lowest BCUT2D eigenvalue weighted by Gasteiger charge is -1.98. The van der Waals surface area contributed by atoms with Crippen LogP contribution in [0.15, 0.2) is 36.5 Å². The molecule has 0 atom stereocenters. The van der Waals surface area contributed by atoms with Crippen molar-refractivity contribution in [3.05, 3.63) is 36.5 Å². The van der Waals surface area contributed by atoms with Crippen molar-refractivity contribution in [2.75, 3.05) is 0 Å². The molecule has 0 saturated heterocycles. The van der Waals surface area contributed by atoms with Gasteiger partial charge < -0.3 is 4.74 Å². The van der Waals surface area contributed by atoms with E-state index < -0.39 is 11.9 Å². The van der Waals surface area contributed by atoms with Crippen molar-refractivity contribution >= 4 is 11.9 Å². The van der Waals surface area contributed by atoms with Crippen LogP contribution in [0.5, 0.6) is 0 Å². The molecule has 0 unspecified atom stereocenters. The first-order chi connectivity index (χ1) is 11.2. The summed E-state index contributed by atoms with van der Waals surface area (Å²) >= 11 is 0. The maximum atomic E-state index is 11.1. The Morgan fingerprint density at radius 1 is 0.783 bits per heavy atom. The molecule has 0 aliphatic carbocycles. The minimum atomic E-state index is -0.530. The van der Waals surface area contributed by atoms with Gasteiger partial charge in [-0.15, -0.1) is 0 Å². The number of unbranched alkanes of at least 4 members (excludes halogenated alkanes) is 5. The zero-order valence-corrected chi connectivity index (χ0v) is 14.8. The Labute approximate surface area is 141 Å². The van der Waals surface area contributed by atoms with Gasteiger partial charge in [0.25, 0.3) is 0 Å². The summed E-state index contributed by atoms with van der Waals surface area (Å²) < 4.78 is 4.46. The number of hydrogen-bond acceptors (Lipinski definition) is 3. The first-order valence-corrected chi connectivity index (χ1v) is 8.83. The summed E-state index contributed by atoms with van der Waals surface area (Å²) in [6, 6.07) is 0. The average molecular weight is 320 g/mol. The van der Waals surface area contributed by atoms with Crippen LogP contribution >= 0.6 is 0 Å². The highest BCUT2D eigenvalue weighted by Gasteiger charge is 2.04. The van der Waals surface area contributed by atoms with E-state index in [1.807, 2.05) is 0 Å². The molecule has 0 aromatic heterocycles. The van der Waals surface area contributed by atoms with Crippen LogP contribution in [0.3, 0.4) is 0 Å². The van der Waals surface area contributed by atoms with Crippen molar-refractivity contribution in [2.24, 2.45) is 0 Å². The summed E-state index contributed by atoms with van der Waals surface area (Å²) in [5.74, 6) is -0.954. The zero-order chi connectivity index (χ0) is 17.2. The van der Waals surface area contributed by atoms with Crippen molar-refractivity contribution < 1.29 is 14.3 Å². The molecule has 130 valence electrons. The molecule has 0 spiro atoms. The third-order valence-electron chi connectivity index (χ3n) is 3.28. The quantitative estimate of drug-likeness (QED) is 0.190. The van der Waals surface area contributed by atoms with Crippen LogP contribution in [0, 0.1) is 0 Å². The topological polar surface area (TPSA) is 43.4 Å². The highest BCUT2D eigenvalue weighted by molar-refractivity contribution is 5.83. The summed E-state index contributed by atoms with van der Waals surface area (Å²) in [6.45, 7) is 3.47. The van der Waals surface area contributed by atoms with Gasteiger partial charge in [-0.3, -0.25) is 9.59 Å². The molecule has 0 rings (SSSR count). The molecule has 0 N–H and O–H groups in total. The molecular formula is C20H32O3. The number of hydrogen-bond donors (Lipinski definition) is 0. The van der Waals surface area contributed by atoms with Gasteiger partial charge in [0, 0.05) is 13.3 Å². The summed E-state index contributed by atoms with van der Waals surface area (Å²) in [4.78, 5) is 21.7. The Hall–Kier alpha value is -1.64. The van der Waals surface area contributed by atoms with E-state index in [0.717, 1.165) is 32.1 Å². The molecule has 3 nitrogen and oxygen atoms in total. The molecule has 0 aliphatic heterocycles. The van der Waals surface area contributed by atoms with Gasteiger partial charge in [-0.05, 0) is 44.9 Å². The van der Waals surface area contributed by atoms with E-state index in [9.17, 15) is 9.59 Å². The minimum Gasteiger partial charge on any atom is -0.393 e. The second-order valence-electron chi connectivity index (χ2n) is 5.59. The standard InChI is InChI=1S/C20H32O3/c1-3-4-5-6-7-8-9-10-11-12-13-14-15-16-17-18-20(22)23-19(2)21/h7-8,10-11,13-14H,3-6,9,12,15-18H2,1-2H3. The number of carbonyl (C=O) groups excluding carboxylic acids is 2. The summed E-state index contributed by atoms with van der Waals surface area (Å²) in [5, 5.41) is 0. The lowest BCUT2D eigenvalue weighted by molar-refractivity contribution is -0.158. The van der Waals surface area contributed by atoms with Crippen molar-refractivity contribution in [3.63, 3.8) is 0 Å². The maximum absolute atomic E-state index is 11.1. The Morgan fingerprint density at radius 3 is 1.83 bits per heavy atom. The van der Waals surface area contributed by atoms with Crippen LogP contribution in [-0.2, 0) is 14.3 Å². The Kier molecular flexibility index (Phi) is 15.5. The summed E-state index contributed by atoms with van der Waals surface area (Å²) in [6.07, 6.45) is 23.2. The van der Waals surface area contributed by atoms with Crippen LogP contribution in [0.25, 0.3) is 0 Å². The van der Waals surface area contributed by atoms with Gasteiger partial charge >= 0.3 is 11.9 Å². The molecule has 0 radical (unpaired) electrons. The van der Waals surface area contributed by atoms with Gasteiger partial charge in [-0.2, -0.15) is 0 Å². The van der Waals surface area contributed by atoms with Gasteiger partial charge in [0.1, 0.15) is 0 Å². The van der Waals surface area contributed by atoms with Crippen LogP contribution < -0.4 is 0 Å². The predicted molar refractivity (Wildman–Crippen MR) is 96.0 cm³/mol. The highest BCUT2D eigenvalue weighted by atomic mass is 16.6. The third kappa shape index (κ3) is 18.3. The Bertz CT molecular complexity index is 392. The molecule has 0 amide bonds. The predicted octanol–water partition coefficient (Wildman–Crippen LogP) is 5.67. The fraction of sp³-hybridized carbons (Fsp3) is 0.600. The van der Waals surface area contributed by atoms with Gasteiger partial charge in [-0.25, -0.2) is 0 Å². The smallest absolute Gasteiger partial charge is 0.313 e. The highest BCUT2D eigenvalue weighted by Crippen LogP contribution is 2.03. The van der Waals surface area contributed by atoms with E-state index in [1.54, 1.807) is 0 Å². The molecular weight excluding hydrogens is 288 g/mol. The van der Waals surface area contributed by atoms with Crippen LogP contribution in [0.4, 0.5) is 0 Å². The van der Waals surface area contributed by atoms with E-state index in [0.29, 0.717) is 6.42 Å². The second-order valence-corrected chi connectivity index (χ2v) is 5.59. The Balaban J connectivity index is 3.41. The number of allylic oxidation sites excluding steroid dienone is 6. The van der Waals surface area contributed by atoms with Gasteiger partial charge in [0.05, 0.1) is 0 Å². The second kappa shape index (κ2) is 16.7. The van der Waals surface area contributed by atoms with E-state index in [1.165, 1.54) is 32.6 Å². The lowest BCUT2D eigenvalue weighted by Crippen LogP contribution is -2.08. The van der Waals surface area contributed by atoms with Crippen molar-refractivity contribution in [1.82, 2.24) is 0 Å². The maximum Gasteiger partial charge on any atom is 0.313 e. The SMILES string of the molecule is CCCCCC=CCC=CCC=CCCCCC(=O)OC(C)=O. The van der Waals surface area contributed by atoms with E-state index >= 15 is 0 Å².